The number of aromatic nitrogens is 2. The topological polar surface area (TPSA) is 81.2 Å². The van der Waals surface area contributed by atoms with E-state index in [-0.39, 0.29) is 18.0 Å². The molecule has 35 heavy (non-hydrogen) atoms. The van der Waals surface area contributed by atoms with Gasteiger partial charge in [-0.05, 0) is 34.7 Å². The molecule has 2 bridgehead atoms. The number of esters is 1. The van der Waals surface area contributed by atoms with Crippen LogP contribution in [0.15, 0.2) is 67.1 Å². The van der Waals surface area contributed by atoms with Crippen molar-refractivity contribution in [1.82, 2.24) is 9.97 Å². The van der Waals surface area contributed by atoms with Gasteiger partial charge in [0.1, 0.15) is 24.6 Å². The molecule has 3 aromatic rings. The highest BCUT2D eigenvalue weighted by Crippen LogP contribution is 2.40. The number of fused-ring (bicyclic) bond motifs is 5. The van der Waals surface area contributed by atoms with E-state index in [0.29, 0.717) is 29.3 Å². The number of hydrogen-bond donors (Lipinski definition) is 1. The fraction of sp³-hybridized carbons (Fsp3) is 0.357. The second-order valence-electron chi connectivity index (χ2n) is 10.1. The number of ether oxygens (including phenoxy) is 1. The van der Waals surface area contributed by atoms with E-state index in [1.54, 1.807) is 12.3 Å². The highest BCUT2D eigenvalue weighted by molar-refractivity contribution is 5.90. The number of nitrogens with zero attached hydrogens (tertiary/aromatic N) is 3. The van der Waals surface area contributed by atoms with E-state index in [0.717, 1.165) is 43.5 Å². The second kappa shape index (κ2) is 8.89. The summed E-state index contributed by atoms with van der Waals surface area (Å²) in [6.07, 6.45) is 5.64. The van der Waals surface area contributed by atoms with Gasteiger partial charge in [-0.25, -0.2) is 9.97 Å². The zero-order chi connectivity index (χ0) is 23.8. The van der Waals surface area contributed by atoms with Crippen molar-refractivity contribution in [1.29, 1.82) is 0 Å². The molecule has 0 radical (unpaired) electrons. The normalized spacial score (nSPS) is 24.8. The number of benzene rings is 2. The van der Waals surface area contributed by atoms with E-state index in [4.69, 9.17) is 4.74 Å². The van der Waals surface area contributed by atoms with Crippen LogP contribution in [0.3, 0.4) is 0 Å². The van der Waals surface area contributed by atoms with Gasteiger partial charge in [0, 0.05) is 25.0 Å². The summed E-state index contributed by atoms with van der Waals surface area (Å²) in [6.45, 7) is 2.92. The first-order valence-corrected chi connectivity index (χ1v) is 12.4. The molecular formula is C28H29N4O3+. The van der Waals surface area contributed by atoms with Crippen LogP contribution in [0.4, 0.5) is 5.82 Å². The van der Waals surface area contributed by atoms with Crippen LogP contribution < -0.4 is 5.32 Å². The average Bonchev–Trinajstić information content (AvgIpc) is 2.88. The van der Waals surface area contributed by atoms with Crippen molar-refractivity contribution in [2.24, 2.45) is 5.92 Å². The van der Waals surface area contributed by atoms with Crippen LogP contribution in [0.1, 0.15) is 41.0 Å². The zero-order valence-corrected chi connectivity index (χ0v) is 19.6. The summed E-state index contributed by atoms with van der Waals surface area (Å²) in [5.74, 6) is 0.225. The molecular weight excluding hydrogens is 440 g/mol. The van der Waals surface area contributed by atoms with Crippen LogP contribution >= 0.6 is 0 Å². The maximum Gasteiger partial charge on any atom is 0.318 e. The van der Waals surface area contributed by atoms with Crippen molar-refractivity contribution < 1.29 is 18.8 Å². The van der Waals surface area contributed by atoms with Crippen molar-refractivity contribution in [3.8, 4) is 0 Å². The van der Waals surface area contributed by atoms with Crippen LogP contribution in [0.25, 0.3) is 0 Å². The summed E-state index contributed by atoms with van der Waals surface area (Å²) >= 11 is 0. The molecule has 1 aliphatic carbocycles. The van der Waals surface area contributed by atoms with Crippen molar-refractivity contribution in [3.05, 3.63) is 89.4 Å². The Balaban J connectivity index is 1.19. The van der Waals surface area contributed by atoms with Crippen LogP contribution in [0.5, 0.6) is 0 Å². The lowest BCUT2D eigenvalue weighted by atomic mass is 9.78. The van der Waals surface area contributed by atoms with Crippen molar-refractivity contribution in [2.45, 2.75) is 31.3 Å². The molecule has 1 amide bonds. The lowest BCUT2D eigenvalue weighted by Gasteiger charge is -2.51. The van der Waals surface area contributed by atoms with Crippen LogP contribution in [-0.2, 0) is 20.7 Å². The van der Waals surface area contributed by atoms with E-state index in [9.17, 15) is 9.59 Å². The molecule has 178 valence electrons. The van der Waals surface area contributed by atoms with Gasteiger partial charge in [-0.2, -0.15) is 0 Å². The number of quaternary nitrogens is 1. The molecule has 0 saturated carbocycles. The lowest BCUT2D eigenvalue weighted by molar-refractivity contribution is -0.938. The maximum absolute atomic E-state index is 13.7. The Morgan fingerprint density at radius 3 is 2.31 bits per heavy atom. The Kier molecular flexibility index (Phi) is 5.57. The summed E-state index contributed by atoms with van der Waals surface area (Å²) in [7, 11) is 0. The minimum atomic E-state index is -0.402. The van der Waals surface area contributed by atoms with Gasteiger partial charge in [0.15, 0.2) is 12.6 Å². The Morgan fingerprint density at radius 1 is 0.971 bits per heavy atom. The third-order valence-corrected chi connectivity index (χ3v) is 7.99. The number of anilines is 1. The number of carbonyl (C=O) groups excluding carboxylic acids is 2. The zero-order valence-electron chi connectivity index (χ0n) is 19.6. The van der Waals surface area contributed by atoms with Crippen LogP contribution in [-0.4, -0.2) is 58.6 Å². The van der Waals surface area contributed by atoms with Crippen molar-refractivity contribution in [3.63, 3.8) is 0 Å². The number of piperidine rings is 3. The number of amides is 1. The van der Waals surface area contributed by atoms with E-state index in [2.05, 4.69) is 39.6 Å². The molecule has 1 N–H and O–H groups in total. The number of nitrogens with one attached hydrogen (secondary N) is 1. The summed E-state index contributed by atoms with van der Waals surface area (Å²) in [5.41, 5.74) is 4.47. The number of carbonyl (C=O) groups is 2. The third kappa shape index (κ3) is 4.21. The second-order valence-corrected chi connectivity index (χ2v) is 10.1. The summed E-state index contributed by atoms with van der Waals surface area (Å²) < 4.78 is 6.95. The van der Waals surface area contributed by atoms with Gasteiger partial charge in [-0.15, -0.1) is 0 Å². The lowest BCUT2D eigenvalue weighted by Crippen LogP contribution is -2.66. The predicted octanol–water partition coefficient (Wildman–Crippen LogP) is 3.30. The highest BCUT2D eigenvalue weighted by Gasteiger charge is 2.49. The third-order valence-electron chi connectivity index (χ3n) is 7.99. The molecule has 3 saturated heterocycles. The first-order valence-electron chi connectivity index (χ1n) is 12.4. The molecule has 1 atom stereocenters. The molecule has 1 unspecified atom stereocenters. The minimum Gasteiger partial charge on any atom is -0.455 e. The average molecular weight is 470 g/mol. The molecule has 4 heterocycles. The molecule has 3 fully saturated rings. The van der Waals surface area contributed by atoms with Gasteiger partial charge in [0.05, 0.1) is 13.1 Å². The predicted molar refractivity (Wildman–Crippen MR) is 131 cm³/mol. The molecule has 3 aliphatic heterocycles. The summed E-state index contributed by atoms with van der Waals surface area (Å²) in [5, 5.41) is 2.88. The molecule has 7 nitrogen and oxygen atoms in total. The van der Waals surface area contributed by atoms with Crippen LogP contribution in [0.2, 0.25) is 0 Å². The number of rotatable bonds is 5. The fourth-order valence-corrected chi connectivity index (χ4v) is 6.23. The standard InChI is InChI=1S/C28H28N4O3/c33-26(31-25-9-12-29-18-30-25)17-32-13-10-19(11-14-32)24(16-32)35-28(34)27-22-7-3-1-5-20(22)15-21-6-2-4-8-23(21)27/h1-9,12,18-19,24,27H,10-11,13-17H2/p+1. The van der Waals surface area contributed by atoms with Gasteiger partial charge in [-0.3, -0.25) is 9.59 Å². The van der Waals surface area contributed by atoms with Gasteiger partial charge >= 0.3 is 5.97 Å². The van der Waals surface area contributed by atoms with E-state index in [1.807, 2.05) is 24.3 Å². The summed E-state index contributed by atoms with van der Waals surface area (Å²) in [4.78, 5) is 34.5. The minimum absolute atomic E-state index is 0.0655. The van der Waals surface area contributed by atoms with Gasteiger partial charge in [0.25, 0.3) is 5.91 Å². The first kappa shape index (κ1) is 21.9. The largest absolute Gasteiger partial charge is 0.455 e. The Morgan fingerprint density at radius 2 is 1.66 bits per heavy atom. The summed E-state index contributed by atoms with van der Waals surface area (Å²) in [6, 6.07) is 18.1. The Hall–Kier alpha value is -3.58. The fourth-order valence-electron chi connectivity index (χ4n) is 6.23. The Labute approximate surface area is 204 Å². The SMILES string of the molecule is O=C(C[N+]12CCC(CC1)C(OC(=O)C1c3ccccc3Cc3ccccc31)C2)Nc1ccncn1. The van der Waals surface area contributed by atoms with E-state index in [1.165, 1.54) is 17.5 Å². The van der Waals surface area contributed by atoms with Gasteiger partial charge in [0.2, 0.25) is 0 Å². The van der Waals surface area contributed by atoms with Gasteiger partial charge < -0.3 is 14.5 Å². The molecule has 2 aromatic carbocycles. The molecule has 4 aliphatic rings. The monoisotopic (exact) mass is 469 g/mol. The molecule has 7 heteroatoms. The van der Waals surface area contributed by atoms with Crippen molar-refractivity contribution >= 4 is 17.7 Å². The first-order chi connectivity index (χ1) is 17.1. The van der Waals surface area contributed by atoms with Crippen LogP contribution in [0, 0.1) is 5.92 Å². The highest BCUT2D eigenvalue weighted by atomic mass is 16.5. The quantitative estimate of drug-likeness (QED) is 0.458. The molecule has 0 spiro atoms. The Bertz CT molecular complexity index is 1210. The van der Waals surface area contributed by atoms with Gasteiger partial charge in [-0.1, -0.05) is 48.5 Å². The van der Waals surface area contributed by atoms with E-state index < -0.39 is 5.92 Å². The van der Waals surface area contributed by atoms with E-state index >= 15 is 0 Å². The maximum atomic E-state index is 13.7. The van der Waals surface area contributed by atoms with Crippen molar-refractivity contribution in [2.75, 3.05) is 31.5 Å². The smallest absolute Gasteiger partial charge is 0.318 e. The molecule has 1 aromatic heterocycles. The number of hydrogen-bond acceptors (Lipinski definition) is 5. The molecule has 7 rings (SSSR count).